The van der Waals surface area contributed by atoms with Crippen LogP contribution < -0.4 is 9.47 Å². The Labute approximate surface area is 115 Å². The maximum Gasteiger partial charge on any atom is 0.184 e. The first-order valence-corrected chi connectivity index (χ1v) is 6.18. The van der Waals surface area contributed by atoms with Crippen molar-refractivity contribution in [1.82, 2.24) is 0 Å². The van der Waals surface area contributed by atoms with E-state index >= 15 is 0 Å². The van der Waals surface area contributed by atoms with Gasteiger partial charge in [0.15, 0.2) is 17.8 Å². The molecule has 0 aromatic heterocycles. The van der Waals surface area contributed by atoms with Crippen molar-refractivity contribution in [3.05, 3.63) is 24.3 Å². The van der Waals surface area contributed by atoms with Crippen LogP contribution in [0.25, 0.3) is 0 Å². The molecule has 0 bridgehead atoms. The Morgan fingerprint density at radius 2 is 1.65 bits per heavy atom. The Morgan fingerprint density at radius 3 is 2.30 bits per heavy atom. The molecule has 0 spiro atoms. The summed E-state index contributed by atoms with van der Waals surface area (Å²) in [4.78, 5) is 0. The molecular formula is C13H18O7. The molecule has 0 aliphatic carbocycles. The van der Waals surface area contributed by atoms with Crippen molar-refractivity contribution in [2.24, 2.45) is 0 Å². The number of benzene rings is 1. The van der Waals surface area contributed by atoms with Crippen LogP contribution in [-0.4, -0.2) is 64.8 Å². The lowest BCUT2D eigenvalue weighted by Gasteiger charge is -2.38. The molecule has 1 saturated heterocycles. The van der Waals surface area contributed by atoms with Crippen molar-refractivity contribution < 1.29 is 34.6 Å². The molecular weight excluding hydrogens is 268 g/mol. The second kappa shape index (κ2) is 6.38. The predicted octanol–water partition coefficient (Wildman–Crippen LogP) is -1.13. The maximum absolute atomic E-state index is 9.77. The van der Waals surface area contributed by atoms with E-state index in [1.807, 2.05) is 0 Å². The molecule has 4 N–H and O–H groups in total. The van der Waals surface area contributed by atoms with Gasteiger partial charge in [-0.15, -0.1) is 0 Å². The van der Waals surface area contributed by atoms with Gasteiger partial charge in [0.05, 0.1) is 7.11 Å². The van der Waals surface area contributed by atoms with Crippen LogP contribution >= 0.6 is 0 Å². The lowest BCUT2D eigenvalue weighted by Crippen LogP contribution is -2.58. The fourth-order valence-corrected chi connectivity index (χ4v) is 1.98. The van der Waals surface area contributed by atoms with E-state index in [1.165, 1.54) is 7.11 Å². The molecule has 1 aliphatic heterocycles. The number of rotatable bonds is 4. The van der Waals surface area contributed by atoms with Crippen molar-refractivity contribution in [3.63, 3.8) is 0 Å². The van der Waals surface area contributed by atoms with E-state index in [2.05, 4.69) is 0 Å². The van der Waals surface area contributed by atoms with E-state index in [1.54, 1.807) is 24.3 Å². The zero-order chi connectivity index (χ0) is 14.7. The second-order valence-electron chi connectivity index (χ2n) is 4.50. The molecule has 5 atom stereocenters. The molecule has 112 valence electrons. The van der Waals surface area contributed by atoms with Gasteiger partial charge in [0.1, 0.15) is 31.0 Å². The molecule has 20 heavy (non-hydrogen) atoms. The molecule has 7 nitrogen and oxygen atoms in total. The highest BCUT2D eigenvalue weighted by Gasteiger charge is 2.43. The first kappa shape index (κ1) is 15.0. The van der Waals surface area contributed by atoms with Gasteiger partial charge in [0, 0.05) is 0 Å². The summed E-state index contributed by atoms with van der Waals surface area (Å²) in [5.41, 5.74) is 0. The number of hydrogen-bond acceptors (Lipinski definition) is 7. The van der Waals surface area contributed by atoms with Gasteiger partial charge in [-0.25, -0.2) is 0 Å². The zero-order valence-corrected chi connectivity index (χ0v) is 10.9. The van der Waals surface area contributed by atoms with Crippen molar-refractivity contribution in [3.8, 4) is 11.5 Å². The topological polar surface area (TPSA) is 109 Å². The van der Waals surface area contributed by atoms with Crippen molar-refractivity contribution in [2.75, 3.05) is 13.7 Å². The Kier molecular flexibility index (Phi) is 4.79. The van der Waals surface area contributed by atoms with Gasteiger partial charge in [0.25, 0.3) is 0 Å². The standard InChI is InChI=1S/C13H18O7/c1-18-7-4-2-3-5-8(7)19-6-9-10(14)11(15)12(16)13(17)20-9/h2-5,9-17H,6H2,1H3/t9-,10-,11+,12-,13+/m1/s1. The Hall–Kier alpha value is -1.38. The van der Waals surface area contributed by atoms with Gasteiger partial charge in [-0.2, -0.15) is 0 Å². The van der Waals surface area contributed by atoms with Crippen LogP contribution in [0, 0.1) is 0 Å². The van der Waals surface area contributed by atoms with E-state index in [4.69, 9.17) is 14.2 Å². The Bertz CT molecular complexity index is 438. The number of para-hydroxylation sites is 2. The van der Waals surface area contributed by atoms with Crippen LogP contribution in [0.1, 0.15) is 0 Å². The van der Waals surface area contributed by atoms with Crippen molar-refractivity contribution in [1.29, 1.82) is 0 Å². The number of aliphatic hydroxyl groups excluding tert-OH is 4. The van der Waals surface area contributed by atoms with Gasteiger partial charge in [0.2, 0.25) is 0 Å². The second-order valence-corrected chi connectivity index (χ2v) is 4.50. The molecule has 2 rings (SSSR count). The van der Waals surface area contributed by atoms with Gasteiger partial charge < -0.3 is 34.6 Å². The molecule has 1 heterocycles. The van der Waals surface area contributed by atoms with Gasteiger partial charge in [-0.05, 0) is 12.1 Å². The Morgan fingerprint density at radius 1 is 1.00 bits per heavy atom. The fraction of sp³-hybridized carbons (Fsp3) is 0.538. The summed E-state index contributed by atoms with van der Waals surface area (Å²) in [6, 6.07) is 6.92. The molecule has 7 heteroatoms. The van der Waals surface area contributed by atoms with Gasteiger partial charge >= 0.3 is 0 Å². The largest absolute Gasteiger partial charge is 0.493 e. The minimum absolute atomic E-state index is 0.109. The smallest absolute Gasteiger partial charge is 0.184 e. The summed E-state index contributed by atoms with van der Waals surface area (Å²) in [5, 5.41) is 38.1. The summed E-state index contributed by atoms with van der Waals surface area (Å²) in [6.07, 6.45) is -6.94. The van der Waals surface area contributed by atoms with Crippen molar-refractivity contribution >= 4 is 0 Å². The van der Waals surface area contributed by atoms with Crippen LogP contribution in [0.15, 0.2) is 24.3 Å². The first-order chi connectivity index (χ1) is 9.54. The predicted molar refractivity (Wildman–Crippen MR) is 67.4 cm³/mol. The third-order valence-electron chi connectivity index (χ3n) is 3.16. The third-order valence-corrected chi connectivity index (χ3v) is 3.16. The molecule has 0 saturated carbocycles. The van der Waals surface area contributed by atoms with Crippen molar-refractivity contribution in [2.45, 2.75) is 30.7 Å². The average molecular weight is 286 g/mol. The number of methoxy groups -OCH3 is 1. The van der Waals surface area contributed by atoms with E-state index in [0.29, 0.717) is 11.5 Å². The van der Waals surface area contributed by atoms with E-state index in [0.717, 1.165) is 0 Å². The normalized spacial score (nSPS) is 33.8. The van der Waals surface area contributed by atoms with Crippen LogP contribution in [-0.2, 0) is 4.74 Å². The average Bonchev–Trinajstić information content (AvgIpc) is 2.47. The molecule has 0 amide bonds. The number of aliphatic hydroxyl groups is 4. The minimum Gasteiger partial charge on any atom is -0.493 e. The molecule has 1 fully saturated rings. The lowest BCUT2D eigenvalue weighted by molar-refractivity contribution is -0.285. The molecule has 1 aromatic rings. The van der Waals surface area contributed by atoms with Crippen LogP contribution in [0.3, 0.4) is 0 Å². The Balaban J connectivity index is 2.00. The SMILES string of the molecule is COc1ccccc1OC[C@H]1O[C@H](O)[C@H](O)[C@@H](O)[C@@H]1O. The zero-order valence-electron chi connectivity index (χ0n) is 10.9. The summed E-state index contributed by atoms with van der Waals surface area (Å²) in [5.74, 6) is 0.958. The monoisotopic (exact) mass is 286 g/mol. The molecule has 0 radical (unpaired) electrons. The third kappa shape index (κ3) is 3.02. The first-order valence-electron chi connectivity index (χ1n) is 6.18. The molecule has 0 unspecified atom stereocenters. The van der Waals surface area contributed by atoms with Crippen LogP contribution in [0.2, 0.25) is 0 Å². The van der Waals surface area contributed by atoms with Crippen LogP contribution in [0.5, 0.6) is 11.5 Å². The minimum atomic E-state index is -1.57. The quantitative estimate of drug-likeness (QED) is 0.555. The summed E-state index contributed by atoms with van der Waals surface area (Å²) in [6.45, 7) is -0.109. The number of hydrogen-bond donors (Lipinski definition) is 4. The maximum atomic E-state index is 9.77. The highest BCUT2D eigenvalue weighted by Crippen LogP contribution is 2.27. The summed E-state index contributed by atoms with van der Waals surface area (Å²) in [7, 11) is 1.50. The summed E-state index contributed by atoms with van der Waals surface area (Å²) >= 11 is 0. The van der Waals surface area contributed by atoms with E-state index in [9.17, 15) is 20.4 Å². The molecule has 1 aliphatic rings. The van der Waals surface area contributed by atoms with Crippen LogP contribution in [0.4, 0.5) is 0 Å². The number of ether oxygens (including phenoxy) is 3. The molecule has 1 aromatic carbocycles. The highest BCUT2D eigenvalue weighted by atomic mass is 16.6. The van der Waals surface area contributed by atoms with Gasteiger partial charge in [-0.1, -0.05) is 12.1 Å². The summed E-state index contributed by atoms with van der Waals surface area (Å²) < 4.78 is 15.6. The van der Waals surface area contributed by atoms with E-state index < -0.39 is 30.7 Å². The lowest BCUT2D eigenvalue weighted by atomic mass is 9.99. The fourth-order valence-electron chi connectivity index (χ4n) is 1.98. The highest BCUT2D eigenvalue weighted by molar-refractivity contribution is 5.39. The van der Waals surface area contributed by atoms with Gasteiger partial charge in [-0.3, -0.25) is 0 Å². The van der Waals surface area contributed by atoms with E-state index in [-0.39, 0.29) is 6.61 Å².